The van der Waals surface area contributed by atoms with E-state index in [0.29, 0.717) is 5.56 Å². The molecule has 0 spiro atoms. The first-order valence-electron chi connectivity index (χ1n) is 8.33. The monoisotopic (exact) mass is 376 g/mol. The van der Waals surface area contributed by atoms with Crippen molar-refractivity contribution >= 4 is 7.60 Å². The predicted molar refractivity (Wildman–Crippen MR) is 90.9 cm³/mol. The van der Waals surface area contributed by atoms with E-state index >= 15 is 0 Å². The van der Waals surface area contributed by atoms with Crippen molar-refractivity contribution in [3.05, 3.63) is 32.6 Å². The molecule has 1 saturated heterocycles. The second kappa shape index (κ2) is 8.42. The number of rotatable bonds is 8. The molecule has 0 aromatic carbocycles. The van der Waals surface area contributed by atoms with E-state index in [1.807, 2.05) is 0 Å². The van der Waals surface area contributed by atoms with Gasteiger partial charge in [0, 0.05) is 18.2 Å². The summed E-state index contributed by atoms with van der Waals surface area (Å²) < 4.78 is 29.9. The summed E-state index contributed by atoms with van der Waals surface area (Å²) in [5.74, 6) is 0. The summed E-state index contributed by atoms with van der Waals surface area (Å²) in [6.45, 7) is 5.57. The molecule has 10 heteroatoms. The minimum atomic E-state index is -3.22. The minimum absolute atomic E-state index is 0.114. The zero-order valence-corrected chi connectivity index (χ0v) is 15.5. The summed E-state index contributed by atoms with van der Waals surface area (Å²) in [4.78, 5) is 25.6. The Balaban J connectivity index is 2.06. The molecular weight excluding hydrogens is 351 g/mol. The van der Waals surface area contributed by atoms with E-state index < -0.39 is 37.3 Å². The molecule has 0 amide bonds. The molecule has 2 rings (SSSR count). The van der Waals surface area contributed by atoms with E-state index in [-0.39, 0.29) is 32.2 Å². The van der Waals surface area contributed by atoms with Crippen molar-refractivity contribution in [1.29, 1.82) is 0 Å². The Labute approximate surface area is 145 Å². The van der Waals surface area contributed by atoms with Gasteiger partial charge in [0.2, 0.25) is 0 Å². The number of nitrogens with one attached hydrogen (secondary N) is 1. The SMILES string of the molecule is CCOP(=O)(CC[C@H]1O[C@@H](n2cc(C)c(=O)[nH]c2=O)C[C@@H]1O)OCC. The molecule has 9 nitrogen and oxygen atoms in total. The fourth-order valence-electron chi connectivity index (χ4n) is 2.79. The lowest BCUT2D eigenvalue weighted by Gasteiger charge is -2.20. The highest BCUT2D eigenvalue weighted by molar-refractivity contribution is 7.53. The van der Waals surface area contributed by atoms with E-state index in [2.05, 4.69) is 4.98 Å². The second-order valence-corrected chi connectivity index (χ2v) is 8.06. The number of aromatic amines is 1. The van der Waals surface area contributed by atoms with Crippen LogP contribution in [0.4, 0.5) is 0 Å². The molecule has 0 bridgehead atoms. The summed E-state index contributed by atoms with van der Waals surface area (Å²) >= 11 is 0. The molecule has 0 aliphatic carbocycles. The normalized spacial score (nSPS) is 23.9. The summed E-state index contributed by atoms with van der Waals surface area (Å²) in [5, 5.41) is 10.2. The predicted octanol–water partition coefficient (Wildman–Crippen LogP) is 1.15. The van der Waals surface area contributed by atoms with Crippen LogP contribution in [0.5, 0.6) is 0 Å². The van der Waals surface area contributed by atoms with Crippen LogP contribution in [0, 0.1) is 6.92 Å². The molecule has 1 aliphatic rings. The number of hydrogen-bond acceptors (Lipinski definition) is 7. The Morgan fingerprint density at radius 1 is 1.36 bits per heavy atom. The lowest BCUT2D eigenvalue weighted by atomic mass is 10.1. The van der Waals surface area contributed by atoms with Crippen LogP contribution in [0.1, 0.15) is 38.5 Å². The van der Waals surface area contributed by atoms with Crippen molar-refractivity contribution in [2.45, 2.75) is 52.0 Å². The van der Waals surface area contributed by atoms with Gasteiger partial charge in [0.05, 0.1) is 31.6 Å². The molecule has 1 aromatic rings. The third-order valence-electron chi connectivity index (χ3n) is 4.00. The van der Waals surface area contributed by atoms with Crippen molar-refractivity contribution in [1.82, 2.24) is 9.55 Å². The molecule has 1 aromatic heterocycles. The van der Waals surface area contributed by atoms with Gasteiger partial charge >= 0.3 is 13.3 Å². The van der Waals surface area contributed by atoms with Gasteiger partial charge in [-0.05, 0) is 27.2 Å². The minimum Gasteiger partial charge on any atom is -0.390 e. The second-order valence-electron chi connectivity index (χ2n) is 5.87. The number of aliphatic hydroxyl groups is 1. The van der Waals surface area contributed by atoms with E-state index in [9.17, 15) is 19.3 Å². The summed E-state index contributed by atoms with van der Waals surface area (Å²) in [5.41, 5.74) is -0.674. The van der Waals surface area contributed by atoms with E-state index in [4.69, 9.17) is 13.8 Å². The molecule has 3 atom stereocenters. The number of aliphatic hydroxyl groups excluding tert-OH is 1. The van der Waals surface area contributed by atoms with Gasteiger partial charge in [-0.3, -0.25) is 18.9 Å². The van der Waals surface area contributed by atoms with Crippen LogP contribution in [0.3, 0.4) is 0 Å². The van der Waals surface area contributed by atoms with Crippen LogP contribution in [0.25, 0.3) is 0 Å². The summed E-state index contributed by atoms with van der Waals surface area (Å²) in [6, 6.07) is 0. The quantitative estimate of drug-likeness (QED) is 0.653. The van der Waals surface area contributed by atoms with E-state index in [1.165, 1.54) is 10.8 Å². The number of aromatic nitrogens is 2. The highest BCUT2D eigenvalue weighted by atomic mass is 31.2. The maximum absolute atomic E-state index is 12.5. The van der Waals surface area contributed by atoms with Gasteiger partial charge in [-0.1, -0.05) is 0 Å². The first-order valence-corrected chi connectivity index (χ1v) is 10.1. The van der Waals surface area contributed by atoms with Crippen LogP contribution in [-0.2, 0) is 18.3 Å². The van der Waals surface area contributed by atoms with Gasteiger partial charge in [0.25, 0.3) is 5.56 Å². The van der Waals surface area contributed by atoms with Crippen molar-refractivity contribution in [3.8, 4) is 0 Å². The van der Waals surface area contributed by atoms with Crippen molar-refractivity contribution in [3.63, 3.8) is 0 Å². The van der Waals surface area contributed by atoms with E-state index in [1.54, 1.807) is 20.8 Å². The molecule has 2 heterocycles. The zero-order chi connectivity index (χ0) is 18.6. The van der Waals surface area contributed by atoms with Gasteiger partial charge in [-0.25, -0.2) is 4.79 Å². The number of H-pyrrole nitrogens is 1. The molecule has 142 valence electrons. The smallest absolute Gasteiger partial charge is 0.330 e. The van der Waals surface area contributed by atoms with Crippen molar-refractivity contribution < 1.29 is 23.5 Å². The highest BCUT2D eigenvalue weighted by Gasteiger charge is 2.37. The molecule has 25 heavy (non-hydrogen) atoms. The van der Waals surface area contributed by atoms with Crippen LogP contribution in [-0.4, -0.2) is 46.2 Å². The standard InChI is InChI=1S/C15H25N2O7P/c1-4-22-25(21,23-5-2)7-6-12-11(18)8-13(24-12)17-9-10(3)14(19)16-15(17)20/h9,11-13,18H,4-8H2,1-3H3,(H,16,19,20)/t11-,12+,13+/m0/s1. The Morgan fingerprint density at radius 2 is 2.00 bits per heavy atom. The van der Waals surface area contributed by atoms with Crippen LogP contribution >= 0.6 is 7.60 Å². The van der Waals surface area contributed by atoms with Gasteiger partial charge in [-0.15, -0.1) is 0 Å². The Morgan fingerprint density at radius 3 is 2.60 bits per heavy atom. The highest BCUT2D eigenvalue weighted by Crippen LogP contribution is 2.49. The van der Waals surface area contributed by atoms with Gasteiger partial charge in [0.15, 0.2) is 0 Å². The largest absolute Gasteiger partial charge is 0.390 e. The molecule has 0 radical (unpaired) electrons. The Hall–Kier alpha value is -1.25. The third-order valence-corrected chi connectivity index (χ3v) is 6.11. The number of hydrogen-bond donors (Lipinski definition) is 2. The van der Waals surface area contributed by atoms with E-state index in [0.717, 1.165) is 0 Å². The molecule has 1 fully saturated rings. The van der Waals surface area contributed by atoms with Crippen LogP contribution in [0.15, 0.2) is 15.8 Å². The van der Waals surface area contributed by atoms with Crippen LogP contribution < -0.4 is 11.2 Å². The van der Waals surface area contributed by atoms with Gasteiger partial charge < -0.3 is 18.9 Å². The van der Waals surface area contributed by atoms with Crippen molar-refractivity contribution in [2.75, 3.05) is 19.4 Å². The Kier molecular flexibility index (Phi) is 6.76. The average Bonchev–Trinajstić information content (AvgIpc) is 2.90. The fraction of sp³-hybridized carbons (Fsp3) is 0.733. The first-order chi connectivity index (χ1) is 11.8. The molecular formula is C15H25N2O7P. The zero-order valence-electron chi connectivity index (χ0n) is 14.6. The first kappa shape index (κ1) is 20.1. The number of ether oxygens (including phenoxy) is 1. The third kappa shape index (κ3) is 4.89. The maximum Gasteiger partial charge on any atom is 0.330 e. The number of aryl methyl sites for hydroxylation is 1. The fourth-order valence-corrected chi connectivity index (χ4v) is 4.48. The van der Waals surface area contributed by atoms with Gasteiger partial charge in [-0.2, -0.15) is 0 Å². The number of nitrogens with zero attached hydrogens (tertiary/aromatic N) is 1. The summed E-state index contributed by atoms with van der Waals surface area (Å²) in [7, 11) is -3.22. The average molecular weight is 376 g/mol. The molecule has 1 aliphatic heterocycles. The Bertz CT molecular complexity index is 734. The topological polar surface area (TPSA) is 120 Å². The summed E-state index contributed by atoms with van der Waals surface area (Å²) in [6.07, 6.45) is -0.120. The molecule has 0 saturated carbocycles. The molecule has 0 unspecified atom stereocenters. The molecule has 2 N–H and O–H groups in total. The van der Waals surface area contributed by atoms with Crippen molar-refractivity contribution in [2.24, 2.45) is 0 Å². The van der Waals surface area contributed by atoms with Gasteiger partial charge in [0.1, 0.15) is 6.23 Å². The maximum atomic E-state index is 12.5. The lowest BCUT2D eigenvalue weighted by Crippen LogP contribution is -2.33. The van der Waals surface area contributed by atoms with Crippen LogP contribution in [0.2, 0.25) is 0 Å². The lowest BCUT2D eigenvalue weighted by molar-refractivity contribution is -0.0221.